The maximum absolute atomic E-state index is 6.34. The standard InChI is InChI=1S/C13H22N2S/c1-2-10-4-3-5-11(6-10)13(14)7-12-8-15-9-16-12/h8-11,13H,2-7,14H2,1H3. The summed E-state index contributed by atoms with van der Waals surface area (Å²) < 4.78 is 0. The van der Waals surface area contributed by atoms with Gasteiger partial charge in [-0.25, -0.2) is 0 Å². The predicted octanol–water partition coefficient (Wildman–Crippen LogP) is 3.23. The van der Waals surface area contributed by atoms with Crippen LogP contribution in [0.2, 0.25) is 0 Å². The summed E-state index contributed by atoms with van der Waals surface area (Å²) in [5.41, 5.74) is 8.24. The van der Waals surface area contributed by atoms with Crippen molar-refractivity contribution in [1.29, 1.82) is 0 Å². The Kier molecular flexibility index (Phi) is 4.36. The molecule has 90 valence electrons. The molecule has 3 atom stereocenters. The maximum Gasteiger partial charge on any atom is 0.0794 e. The molecule has 0 aromatic carbocycles. The number of rotatable bonds is 4. The molecule has 1 aliphatic carbocycles. The highest BCUT2D eigenvalue weighted by Crippen LogP contribution is 2.33. The normalized spacial score (nSPS) is 27.9. The zero-order chi connectivity index (χ0) is 11.4. The van der Waals surface area contributed by atoms with Crippen molar-refractivity contribution in [2.45, 2.75) is 51.5 Å². The van der Waals surface area contributed by atoms with Crippen LogP contribution < -0.4 is 5.73 Å². The average Bonchev–Trinajstić information content (AvgIpc) is 2.82. The Balaban J connectivity index is 1.86. The first kappa shape index (κ1) is 12.1. The minimum atomic E-state index is 0.342. The van der Waals surface area contributed by atoms with Crippen LogP contribution in [0.1, 0.15) is 43.9 Å². The summed E-state index contributed by atoms with van der Waals surface area (Å²) >= 11 is 1.73. The molecule has 1 aliphatic rings. The number of aromatic nitrogens is 1. The van der Waals surface area contributed by atoms with Crippen LogP contribution in [0.25, 0.3) is 0 Å². The number of hydrogen-bond acceptors (Lipinski definition) is 3. The number of thiazole rings is 1. The van der Waals surface area contributed by atoms with Crippen molar-refractivity contribution in [3.05, 3.63) is 16.6 Å². The lowest BCUT2D eigenvalue weighted by molar-refractivity contribution is 0.229. The van der Waals surface area contributed by atoms with E-state index in [9.17, 15) is 0 Å². The van der Waals surface area contributed by atoms with Crippen molar-refractivity contribution in [3.8, 4) is 0 Å². The zero-order valence-electron chi connectivity index (χ0n) is 10.1. The average molecular weight is 238 g/mol. The molecular weight excluding hydrogens is 216 g/mol. The molecule has 3 unspecified atom stereocenters. The Bertz CT molecular complexity index is 297. The van der Waals surface area contributed by atoms with Crippen LogP contribution in [0.5, 0.6) is 0 Å². The lowest BCUT2D eigenvalue weighted by Gasteiger charge is -2.32. The topological polar surface area (TPSA) is 38.9 Å². The molecule has 1 aromatic rings. The molecule has 0 amide bonds. The largest absolute Gasteiger partial charge is 0.327 e. The quantitative estimate of drug-likeness (QED) is 0.874. The van der Waals surface area contributed by atoms with Gasteiger partial charge in [-0.2, -0.15) is 0 Å². The lowest BCUT2D eigenvalue weighted by Crippen LogP contribution is -2.35. The van der Waals surface area contributed by atoms with E-state index in [0.29, 0.717) is 6.04 Å². The van der Waals surface area contributed by atoms with E-state index < -0.39 is 0 Å². The molecule has 0 radical (unpaired) electrons. The first-order valence-corrected chi connectivity index (χ1v) is 7.30. The molecule has 1 fully saturated rings. The van der Waals surface area contributed by atoms with Gasteiger partial charge in [0.1, 0.15) is 0 Å². The van der Waals surface area contributed by atoms with Crippen molar-refractivity contribution in [3.63, 3.8) is 0 Å². The number of hydrogen-bond donors (Lipinski definition) is 1. The first-order valence-electron chi connectivity index (χ1n) is 6.42. The molecule has 16 heavy (non-hydrogen) atoms. The summed E-state index contributed by atoms with van der Waals surface area (Å²) in [4.78, 5) is 5.45. The van der Waals surface area contributed by atoms with Crippen LogP contribution in [0.4, 0.5) is 0 Å². The smallest absolute Gasteiger partial charge is 0.0794 e. The van der Waals surface area contributed by atoms with Crippen LogP contribution in [-0.2, 0) is 6.42 Å². The second kappa shape index (κ2) is 5.78. The van der Waals surface area contributed by atoms with Crippen LogP contribution in [0, 0.1) is 11.8 Å². The molecule has 2 rings (SSSR count). The Morgan fingerprint density at radius 3 is 3.12 bits per heavy atom. The molecule has 3 heteroatoms. The van der Waals surface area contributed by atoms with E-state index in [2.05, 4.69) is 11.9 Å². The second-order valence-electron chi connectivity index (χ2n) is 5.04. The Labute approximate surface area is 102 Å². The van der Waals surface area contributed by atoms with Gasteiger partial charge in [0.2, 0.25) is 0 Å². The lowest BCUT2D eigenvalue weighted by atomic mass is 9.76. The van der Waals surface area contributed by atoms with E-state index in [1.54, 1.807) is 11.3 Å². The van der Waals surface area contributed by atoms with Gasteiger partial charge in [0.25, 0.3) is 0 Å². The fourth-order valence-electron chi connectivity index (χ4n) is 2.83. The van der Waals surface area contributed by atoms with Crippen LogP contribution >= 0.6 is 11.3 Å². The molecule has 1 saturated carbocycles. The van der Waals surface area contributed by atoms with Gasteiger partial charge >= 0.3 is 0 Å². The Morgan fingerprint density at radius 1 is 1.56 bits per heavy atom. The summed E-state index contributed by atoms with van der Waals surface area (Å²) in [6.45, 7) is 2.31. The van der Waals surface area contributed by atoms with Gasteiger partial charge in [0.05, 0.1) is 5.51 Å². The van der Waals surface area contributed by atoms with Gasteiger partial charge in [0.15, 0.2) is 0 Å². The zero-order valence-corrected chi connectivity index (χ0v) is 10.9. The van der Waals surface area contributed by atoms with Gasteiger partial charge in [-0.3, -0.25) is 4.98 Å². The van der Waals surface area contributed by atoms with E-state index in [4.69, 9.17) is 5.73 Å². The van der Waals surface area contributed by atoms with E-state index in [1.165, 1.54) is 37.0 Å². The van der Waals surface area contributed by atoms with E-state index in [0.717, 1.165) is 18.3 Å². The third kappa shape index (κ3) is 3.05. The molecule has 1 aromatic heterocycles. The summed E-state index contributed by atoms with van der Waals surface area (Å²) in [5.74, 6) is 1.66. The minimum absolute atomic E-state index is 0.342. The highest BCUT2D eigenvalue weighted by Gasteiger charge is 2.25. The van der Waals surface area contributed by atoms with Gasteiger partial charge in [-0.15, -0.1) is 11.3 Å². The minimum Gasteiger partial charge on any atom is -0.327 e. The summed E-state index contributed by atoms with van der Waals surface area (Å²) in [6, 6.07) is 0.342. The molecule has 0 spiro atoms. The van der Waals surface area contributed by atoms with Crippen molar-refractivity contribution >= 4 is 11.3 Å². The third-order valence-corrected chi connectivity index (χ3v) is 4.73. The molecule has 0 bridgehead atoms. The van der Waals surface area contributed by atoms with Crippen LogP contribution in [-0.4, -0.2) is 11.0 Å². The monoisotopic (exact) mass is 238 g/mol. The van der Waals surface area contributed by atoms with Crippen molar-refractivity contribution in [2.24, 2.45) is 17.6 Å². The molecule has 2 N–H and O–H groups in total. The highest BCUT2D eigenvalue weighted by molar-refractivity contribution is 7.09. The maximum atomic E-state index is 6.34. The first-order chi connectivity index (χ1) is 7.79. The van der Waals surface area contributed by atoms with Crippen molar-refractivity contribution < 1.29 is 0 Å². The summed E-state index contributed by atoms with van der Waals surface area (Å²) in [5, 5.41) is 0. The fourth-order valence-corrected chi connectivity index (χ4v) is 3.50. The SMILES string of the molecule is CCC1CCCC(C(N)Cc2cncs2)C1. The summed E-state index contributed by atoms with van der Waals surface area (Å²) in [6.07, 6.45) is 9.77. The van der Waals surface area contributed by atoms with E-state index >= 15 is 0 Å². The molecular formula is C13H22N2S. The van der Waals surface area contributed by atoms with E-state index in [1.807, 2.05) is 11.7 Å². The van der Waals surface area contributed by atoms with Gasteiger partial charge in [0, 0.05) is 17.1 Å². The second-order valence-corrected chi connectivity index (χ2v) is 6.01. The molecule has 0 aliphatic heterocycles. The fraction of sp³-hybridized carbons (Fsp3) is 0.769. The van der Waals surface area contributed by atoms with Crippen molar-refractivity contribution in [1.82, 2.24) is 4.98 Å². The van der Waals surface area contributed by atoms with E-state index in [-0.39, 0.29) is 0 Å². The molecule has 1 heterocycles. The van der Waals surface area contributed by atoms with Crippen molar-refractivity contribution in [2.75, 3.05) is 0 Å². The van der Waals surface area contributed by atoms with Crippen LogP contribution in [0.15, 0.2) is 11.7 Å². The highest BCUT2D eigenvalue weighted by atomic mass is 32.1. The number of nitrogens with zero attached hydrogens (tertiary/aromatic N) is 1. The summed E-state index contributed by atoms with van der Waals surface area (Å²) in [7, 11) is 0. The third-order valence-electron chi connectivity index (χ3n) is 3.93. The molecule has 2 nitrogen and oxygen atoms in total. The Hall–Kier alpha value is -0.410. The van der Waals surface area contributed by atoms with Crippen LogP contribution in [0.3, 0.4) is 0 Å². The predicted molar refractivity (Wildman–Crippen MR) is 69.5 cm³/mol. The molecule has 0 saturated heterocycles. The van der Waals surface area contributed by atoms with Gasteiger partial charge < -0.3 is 5.73 Å². The van der Waals surface area contributed by atoms with Gasteiger partial charge in [-0.05, 0) is 31.1 Å². The number of nitrogens with two attached hydrogens (primary N) is 1. The van der Waals surface area contributed by atoms with Gasteiger partial charge in [-0.1, -0.05) is 26.2 Å². The Morgan fingerprint density at radius 2 is 2.44 bits per heavy atom.